The summed E-state index contributed by atoms with van der Waals surface area (Å²) in [6.45, 7) is 5.01. The molecule has 0 aliphatic rings. The van der Waals surface area contributed by atoms with E-state index in [0.29, 0.717) is 0 Å². The van der Waals surface area contributed by atoms with Crippen molar-refractivity contribution in [2.24, 2.45) is 0 Å². The third kappa shape index (κ3) is 4.23. The highest BCUT2D eigenvalue weighted by Gasteiger charge is 2.17. The van der Waals surface area contributed by atoms with Gasteiger partial charge in [0.1, 0.15) is 0 Å². The molecule has 1 unspecified atom stereocenters. The van der Waals surface area contributed by atoms with E-state index in [2.05, 4.69) is 46.4 Å². The fraction of sp³-hybridized carbons (Fsp3) is 0.294. The monoisotopic (exact) mass is 385 g/mol. The summed E-state index contributed by atoms with van der Waals surface area (Å²) in [5, 5.41) is 5.06. The largest absolute Gasteiger partial charge is 0.310 e. The van der Waals surface area contributed by atoms with Gasteiger partial charge in [-0.05, 0) is 64.6 Å². The molecular weight excluding hydrogens is 369 g/mol. The number of halogens is 3. The lowest BCUT2D eigenvalue weighted by Crippen LogP contribution is -2.23. The van der Waals surface area contributed by atoms with Gasteiger partial charge in [-0.2, -0.15) is 0 Å². The molecule has 0 heterocycles. The molecule has 0 radical (unpaired) electrons. The maximum absolute atomic E-state index is 6.44. The molecule has 0 spiro atoms. The molecule has 0 aliphatic carbocycles. The van der Waals surface area contributed by atoms with E-state index >= 15 is 0 Å². The van der Waals surface area contributed by atoms with Crippen molar-refractivity contribution < 1.29 is 0 Å². The van der Waals surface area contributed by atoms with Crippen LogP contribution in [-0.4, -0.2) is 6.54 Å². The minimum atomic E-state index is 0.139. The fourth-order valence-corrected chi connectivity index (χ4v) is 3.32. The first kappa shape index (κ1) is 16.8. The summed E-state index contributed by atoms with van der Waals surface area (Å²) >= 11 is 16.3. The van der Waals surface area contributed by atoms with E-state index in [0.717, 1.165) is 38.6 Å². The molecule has 0 saturated carbocycles. The lowest BCUT2D eigenvalue weighted by atomic mass is 9.98. The zero-order chi connectivity index (χ0) is 15.4. The van der Waals surface area contributed by atoms with Crippen LogP contribution in [0.15, 0.2) is 40.9 Å². The van der Waals surface area contributed by atoms with E-state index in [1.807, 2.05) is 25.1 Å². The van der Waals surface area contributed by atoms with Gasteiger partial charge >= 0.3 is 0 Å². The highest BCUT2D eigenvalue weighted by molar-refractivity contribution is 9.10. The van der Waals surface area contributed by atoms with E-state index in [9.17, 15) is 0 Å². The van der Waals surface area contributed by atoms with E-state index in [1.54, 1.807) is 0 Å². The number of likely N-dealkylation sites (N-methyl/N-ethyl adjacent to an activating group) is 1. The molecule has 1 atom stereocenters. The standard InChI is InChI=1S/C17H18BrCl2N/c1-3-21-16(13-5-4-6-14(18)17(13)20)10-12-8-7-11(2)9-15(12)19/h4-9,16,21H,3,10H2,1-2H3. The summed E-state index contributed by atoms with van der Waals surface area (Å²) in [6, 6.07) is 12.3. The molecule has 112 valence electrons. The van der Waals surface area contributed by atoms with Crippen molar-refractivity contribution in [3.63, 3.8) is 0 Å². The molecule has 2 aromatic rings. The Kier molecular flexibility index (Phi) is 6.12. The fourth-order valence-electron chi connectivity index (χ4n) is 2.37. The van der Waals surface area contributed by atoms with E-state index < -0.39 is 0 Å². The maximum Gasteiger partial charge on any atom is 0.0595 e. The molecule has 0 bridgehead atoms. The molecule has 0 aromatic heterocycles. The van der Waals surface area contributed by atoms with E-state index in [4.69, 9.17) is 23.2 Å². The van der Waals surface area contributed by atoms with Crippen molar-refractivity contribution in [3.8, 4) is 0 Å². The summed E-state index contributed by atoms with van der Waals surface area (Å²) in [5.74, 6) is 0. The van der Waals surface area contributed by atoms with Gasteiger partial charge in [-0.3, -0.25) is 0 Å². The summed E-state index contributed by atoms with van der Waals surface area (Å²) in [5.41, 5.74) is 3.39. The molecular formula is C17H18BrCl2N. The van der Waals surface area contributed by atoms with Gasteiger partial charge < -0.3 is 5.32 Å². The summed E-state index contributed by atoms with van der Waals surface area (Å²) in [6.07, 6.45) is 0.809. The Labute approximate surface area is 144 Å². The number of nitrogens with one attached hydrogen (secondary N) is 1. The number of hydrogen-bond donors (Lipinski definition) is 1. The number of hydrogen-bond acceptors (Lipinski definition) is 1. The third-order valence-electron chi connectivity index (χ3n) is 3.44. The Balaban J connectivity index is 2.33. The Hall–Kier alpha value is -0.540. The van der Waals surface area contributed by atoms with Crippen molar-refractivity contribution in [1.82, 2.24) is 5.32 Å². The lowest BCUT2D eigenvalue weighted by molar-refractivity contribution is 0.550. The highest BCUT2D eigenvalue weighted by Crippen LogP contribution is 2.33. The van der Waals surface area contributed by atoms with Crippen LogP contribution in [0.25, 0.3) is 0 Å². The van der Waals surface area contributed by atoms with E-state index in [-0.39, 0.29) is 6.04 Å². The first-order valence-electron chi connectivity index (χ1n) is 6.95. The summed E-state index contributed by atoms with van der Waals surface area (Å²) < 4.78 is 0.916. The minimum Gasteiger partial charge on any atom is -0.310 e. The zero-order valence-electron chi connectivity index (χ0n) is 12.1. The number of aryl methyl sites for hydroxylation is 1. The van der Waals surface area contributed by atoms with Crippen LogP contribution in [0.3, 0.4) is 0 Å². The van der Waals surface area contributed by atoms with Crippen LogP contribution in [0.2, 0.25) is 10.0 Å². The van der Waals surface area contributed by atoms with Gasteiger partial charge in [0.05, 0.1) is 5.02 Å². The molecule has 0 amide bonds. The van der Waals surface area contributed by atoms with Gasteiger partial charge in [-0.25, -0.2) is 0 Å². The topological polar surface area (TPSA) is 12.0 Å². The molecule has 0 saturated heterocycles. The van der Waals surface area contributed by atoms with Gasteiger partial charge in [0.15, 0.2) is 0 Å². The van der Waals surface area contributed by atoms with E-state index in [1.165, 1.54) is 5.56 Å². The number of benzene rings is 2. The van der Waals surface area contributed by atoms with Gasteiger partial charge in [0, 0.05) is 15.5 Å². The SMILES string of the molecule is CCNC(Cc1ccc(C)cc1Cl)c1cccc(Br)c1Cl. The molecule has 0 fully saturated rings. The van der Waals surface area contributed by atoms with Gasteiger partial charge in [-0.1, -0.05) is 54.4 Å². The number of rotatable bonds is 5. The normalized spacial score (nSPS) is 12.4. The van der Waals surface area contributed by atoms with Crippen molar-refractivity contribution in [2.75, 3.05) is 6.54 Å². The second kappa shape index (κ2) is 7.64. The minimum absolute atomic E-state index is 0.139. The van der Waals surface area contributed by atoms with Crippen LogP contribution in [0.1, 0.15) is 29.7 Å². The van der Waals surface area contributed by atoms with Crippen LogP contribution >= 0.6 is 39.1 Å². The molecule has 1 N–H and O–H groups in total. The molecule has 21 heavy (non-hydrogen) atoms. The van der Waals surface area contributed by atoms with Crippen LogP contribution in [0.4, 0.5) is 0 Å². The molecule has 4 heteroatoms. The van der Waals surface area contributed by atoms with Crippen LogP contribution < -0.4 is 5.32 Å². The zero-order valence-corrected chi connectivity index (χ0v) is 15.2. The van der Waals surface area contributed by atoms with Crippen molar-refractivity contribution >= 4 is 39.1 Å². The average molecular weight is 387 g/mol. The Bertz CT molecular complexity index is 628. The smallest absolute Gasteiger partial charge is 0.0595 e. The van der Waals surface area contributed by atoms with Crippen molar-refractivity contribution in [3.05, 3.63) is 67.6 Å². The van der Waals surface area contributed by atoms with Crippen LogP contribution in [0, 0.1) is 6.92 Å². The summed E-state index contributed by atoms with van der Waals surface area (Å²) in [7, 11) is 0. The first-order valence-corrected chi connectivity index (χ1v) is 8.50. The van der Waals surface area contributed by atoms with Gasteiger partial charge in [0.2, 0.25) is 0 Å². The van der Waals surface area contributed by atoms with Crippen LogP contribution in [0.5, 0.6) is 0 Å². The predicted octanol–water partition coefficient (Wildman–Crippen LogP) is 5.96. The van der Waals surface area contributed by atoms with Crippen molar-refractivity contribution in [2.45, 2.75) is 26.3 Å². The van der Waals surface area contributed by atoms with Gasteiger partial charge in [0.25, 0.3) is 0 Å². The predicted molar refractivity (Wildman–Crippen MR) is 95.5 cm³/mol. The van der Waals surface area contributed by atoms with Gasteiger partial charge in [-0.15, -0.1) is 0 Å². The Morgan fingerprint density at radius 2 is 1.95 bits per heavy atom. The lowest BCUT2D eigenvalue weighted by Gasteiger charge is -2.21. The molecule has 2 aromatic carbocycles. The first-order chi connectivity index (χ1) is 10.0. The average Bonchev–Trinajstić information content (AvgIpc) is 2.44. The second-order valence-corrected chi connectivity index (χ2v) is 6.69. The third-order valence-corrected chi connectivity index (χ3v) is 5.10. The Morgan fingerprint density at radius 3 is 2.62 bits per heavy atom. The quantitative estimate of drug-likeness (QED) is 0.668. The summed E-state index contributed by atoms with van der Waals surface area (Å²) in [4.78, 5) is 0. The van der Waals surface area contributed by atoms with Crippen molar-refractivity contribution in [1.29, 1.82) is 0 Å². The molecule has 1 nitrogen and oxygen atoms in total. The second-order valence-electron chi connectivity index (χ2n) is 5.05. The highest BCUT2D eigenvalue weighted by atomic mass is 79.9. The van der Waals surface area contributed by atoms with Crippen LogP contribution in [-0.2, 0) is 6.42 Å². The molecule has 2 rings (SSSR count). The molecule has 0 aliphatic heterocycles. The Morgan fingerprint density at radius 1 is 1.19 bits per heavy atom. The maximum atomic E-state index is 6.44.